The second kappa shape index (κ2) is 7.41. The first-order chi connectivity index (χ1) is 13.1. The van der Waals surface area contributed by atoms with Gasteiger partial charge in [0.2, 0.25) is 5.91 Å². The van der Waals surface area contributed by atoms with Crippen molar-refractivity contribution < 1.29 is 4.79 Å². The van der Waals surface area contributed by atoms with Gasteiger partial charge in [0.05, 0.1) is 5.56 Å². The van der Waals surface area contributed by atoms with Crippen LogP contribution in [0.1, 0.15) is 40.2 Å². The molecule has 0 radical (unpaired) electrons. The number of amidine groups is 1. The van der Waals surface area contributed by atoms with Crippen LogP contribution in [0.15, 0.2) is 48.4 Å². The monoisotopic (exact) mass is 381 g/mol. The summed E-state index contributed by atoms with van der Waals surface area (Å²) in [6, 6.07) is 4.23. The van der Waals surface area contributed by atoms with Gasteiger partial charge in [0, 0.05) is 37.9 Å². The number of rotatable bonds is 2. The summed E-state index contributed by atoms with van der Waals surface area (Å²) in [6.45, 7) is 20.8. The predicted octanol–water partition coefficient (Wildman–Crippen LogP) is 3.27. The number of hydrogen-bond acceptors (Lipinski definition) is 5. The third kappa shape index (κ3) is 3.81. The Morgan fingerprint density at radius 3 is 2.64 bits per heavy atom. The van der Waals surface area contributed by atoms with Gasteiger partial charge in [0.25, 0.3) is 0 Å². The highest BCUT2D eigenvalue weighted by atomic mass is 16.2. The van der Waals surface area contributed by atoms with Crippen LogP contribution in [0.5, 0.6) is 0 Å². The van der Waals surface area contributed by atoms with E-state index in [4.69, 9.17) is 4.99 Å². The number of aromatic nitrogens is 1. The summed E-state index contributed by atoms with van der Waals surface area (Å²) < 4.78 is 0. The molecule has 1 aromatic rings. The summed E-state index contributed by atoms with van der Waals surface area (Å²) >= 11 is 0. The van der Waals surface area contributed by atoms with Crippen molar-refractivity contribution in [3.05, 3.63) is 48.9 Å². The minimum Gasteiger partial charge on any atom is -0.349 e. The normalized spacial score (nSPS) is 22.7. The molecule has 0 saturated carbocycles. The van der Waals surface area contributed by atoms with E-state index in [1.54, 1.807) is 0 Å². The molecule has 0 aliphatic carbocycles. The zero-order valence-corrected chi connectivity index (χ0v) is 17.6. The lowest BCUT2D eigenvalue weighted by Gasteiger charge is -2.46. The van der Waals surface area contributed by atoms with Crippen LogP contribution in [-0.2, 0) is 4.79 Å². The van der Waals surface area contributed by atoms with Gasteiger partial charge in [0.1, 0.15) is 17.5 Å². The average molecular weight is 382 g/mol. The van der Waals surface area contributed by atoms with E-state index in [2.05, 4.69) is 68.6 Å². The van der Waals surface area contributed by atoms with Crippen molar-refractivity contribution in [3.8, 4) is 0 Å². The van der Waals surface area contributed by atoms with Gasteiger partial charge in [0.15, 0.2) is 0 Å². The van der Waals surface area contributed by atoms with Crippen molar-refractivity contribution in [2.45, 2.75) is 46.7 Å². The standard InChI is InChI=1S/C22H31N5O/c1-8-19(28)25-12-16(3)26(13-15(25)2)21-18-10-9-11-23-20(18)27(17(4)24-21)14-22(5,6)7/h8-11,15-16H,1,4,12-14H2,2-3,5-7H3. The molecular weight excluding hydrogens is 350 g/mol. The van der Waals surface area contributed by atoms with Crippen LogP contribution in [0, 0.1) is 5.41 Å². The third-order valence-corrected chi connectivity index (χ3v) is 5.18. The minimum absolute atomic E-state index is 0.0209. The Balaban J connectivity index is 1.95. The Labute approximate surface area is 168 Å². The molecule has 2 aliphatic rings. The van der Waals surface area contributed by atoms with Gasteiger partial charge >= 0.3 is 0 Å². The number of fused-ring (bicyclic) bond motifs is 1. The third-order valence-electron chi connectivity index (χ3n) is 5.18. The van der Waals surface area contributed by atoms with Gasteiger partial charge in [-0.2, -0.15) is 0 Å². The van der Waals surface area contributed by atoms with Crippen molar-refractivity contribution in [2.24, 2.45) is 10.4 Å². The van der Waals surface area contributed by atoms with Crippen molar-refractivity contribution in [1.29, 1.82) is 0 Å². The fraction of sp³-hybridized carbons (Fsp3) is 0.500. The molecule has 0 N–H and O–H groups in total. The number of hydrogen-bond donors (Lipinski definition) is 0. The van der Waals surface area contributed by atoms with Crippen molar-refractivity contribution >= 4 is 17.6 Å². The van der Waals surface area contributed by atoms with E-state index < -0.39 is 0 Å². The first-order valence-corrected chi connectivity index (χ1v) is 9.82. The largest absolute Gasteiger partial charge is 0.349 e. The number of nitrogens with zero attached hydrogens (tertiary/aromatic N) is 5. The second-order valence-electron chi connectivity index (χ2n) is 8.92. The molecule has 1 amide bonds. The second-order valence-corrected chi connectivity index (χ2v) is 8.92. The van der Waals surface area contributed by atoms with Gasteiger partial charge in [-0.05, 0) is 37.5 Å². The van der Waals surface area contributed by atoms with Gasteiger partial charge < -0.3 is 14.7 Å². The molecule has 0 spiro atoms. The molecular formula is C22H31N5O. The molecule has 28 heavy (non-hydrogen) atoms. The zero-order chi connectivity index (χ0) is 20.6. The Hall–Kier alpha value is -2.63. The van der Waals surface area contributed by atoms with Crippen LogP contribution in [0.4, 0.5) is 5.82 Å². The number of carbonyl (C=O) groups is 1. The summed E-state index contributed by atoms with van der Waals surface area (Å²) in [5.74, 6) is 2.48. The topological polar surface area (TPSA) is 52.0 Å². The van der Waals surface area contributed by atoms with E-state index in [-0.39, 0.29) is 23.4 Å². The molecule has 6 heteroatoms. The van der Waals surface area contributed by atoms with Crippen molar-refractivity contribution in [3.63, 3.8) is 0 Å². The summed E-state index contributed by atoms with van der Waals surface area (Å²) in [6.07, 6.45) is 3.21. The van der Waals surface area contributed by atoms with Crippen LogP contribution in [0.2, 0.25) is 0 Å². The average Bonchev–Trinajstić information content (AvgIpc) is 2.64. The molecule has 3 heterocycles. The first-order valence-electron chi connectivity index (χ1n) is 9.82. The maximum atomic E-state index is 12.2. The number of aliphatic imine (C=N–C) groups is 1. The predicted molar refractivity (Wildman–Crippen MR) is 114 cm³/mol. The molecule has 150 valence electrons. The SMILES string of the molecule is C=CC(=O)N1CC(C)N(C2=NC(=C)N(CC(C)(C)C)c3ncccc32)CC1C. The van der Waals surface area contributed by atoms with Gasteiger partial charge in [-0.1, -0.05) is 33.9 Å². The van der Waals surface area contributed by atoms with Crippen LogP contribution >= 0.6 is 0 Å². The fourth-order valence-electron chi connectivity index (χ4n) is 3.86. The maximum Gasteiger partial charge on any atom is 0.246 e. The van der Waals surface area contributed by atoms with E-state index in [1.807, 2.05) is 17.2 Å². The molecule has 0 bridgehead atoms. The summed E-state index contributed by atoms with van der Waals surface area (Å²) in [7, 11) is 0. The van der Waals surface area contributed by atoms with Crippen LogP contribution in [-0.4, -0.2) is 58.2 Å². The highest BCUT2D eigenvalue weighted by Crippen LogP contribution is 2.33. The molecule has 6 nitrogen and oxygen atoms in total. The van der Waals surface area contributed by atoms with Crippen LogP contribution in [0.25, 0.3) is 0 Å². The Morgan fingerprint density at radius 2 is 2.00 bits per heavy atom. The minimum atomic E-state index is -0.0209. The van der Waals surface area contributed by atoms with E-state index in [9.17, 15) is 4.79 Å². The van der Waals surface area contributed by atoms with E-state index in [0.29, 0.717) is 18.9 Å². The number of pyridine rings is 1. The molecule has 3 rings (SSSR count). The van der Waals surface area contributed by atoms with Crippen LogP contribution < -0.4 is 4.90 Å². The summed E-state index contributed by atoms with van der Waals surface area (Å²) in [5.41, 5.74) is 1.10. The van der Waals surface area contributed by atoms with Gasteiger partial charge in [-0.25, -0.2) is 9.98 Å². The molecule has 0 aromatic carbocycles. The number of amides is 1. The van der Waals surface area contributed by atoms with Crippen LogP contribution in [0.3, 0.4) is 0 Å². The van der Waals surface area contributed by atoms with E-state index >= 15 is 0 Å². The highest BCUT2D eigenvalue weighted by molar-refractivity contribution is 6.05. The number of piperazine rings is 1. The Bertz CT molecular complexity index is 822. The lowest BCUT2D eigenvalue weighted by atomic mass is 9.95. The Kier molecular flexibility index (Phi) is 5.33. The molecule has 1 saturated heterocycles. The van der Waals surface area contributed by atoms with E-state index in [0.717, 1.165) is 23.8 Å². The molecule has 1 aromatic heterocycles. The zero-order valence-electron chi connectivity index (χ0n) is 17.6. The molecule has 2 unspecified atom stereocenters. The number of carbonyl (C=O) groups excluding carboxylic acids is 1. The summed E-state index contributed by atoms with van der Waals surface area (Å²) in [5, 5.41) is 0. The number of anilines is 1. The fourth-order valence-corrected chi connectivity index (χ4v) is 3.86. The van der Waals surface area contributed by atoms with Crippen molar-refractivity contribution in [1.82, 2.24) is 14.8 Å². The van der Waals surface area contributed by atoms with Gasteiger partial charge in [-0.15, -0.1) is 0 Å². The Morgan fingerprint density at radius 1 is 1.29 bits per heavy atom. The molecule has 2 aliphatic heterocycles. The van der Waals surface area contributed by atoms with Gasteiger partial charge in [-0.3, -0.25) is 4.79 Å². The smallest absolute Gasteiger partial charge is 0.246 e. The lowest BCUT2D eigenvalue weighted by molar-refractivity contribution is -0.130. The first kappa shape index (κ1) is 20.1. The highest BCUT2D eigenvalue weighted by Gasteiger charge is 2.36. The quantitative estimate of drug-likeness (QED) is 0.738. The maximum absolute atomic E-state index is 12.2. The summed E-state index contributed by atoms with van der Waals surface area (Å²) in [4.78, 5) is 28.0. The molecule has 1 fully saturated rings. The lowest BCUT2D eigenvalue weighted by Crippen LogP contribution is -2.59. The molecule has 2 atom stereocenters. The van der Waals surface area contributed by atoms with Crippen molar-refractivity contribution in [2.75, 3.05) is 24.5 Å². The van der Waals surface area contributed by atoms with E-state index in [1.165, 1.54) is 6.08 Å².